The Bertz CT molecular complexity index is 1730. The first-order chi connectivity index (χ1) is 27.3. The fourth-order valence-corrected chi connectivity index (χ4v) is 9.40. The Balaban J connectivity index is 1.40. The number of amides is 1. The minimum Gasteiger partial charge on any atom is -0.458 e. The molecule has 0 saturated carbocycles. The van der Waals surface area contributed by atoms with Gasteiger partial charge in [-0.2, -0.15) is 0 Å². The lowest BCUT2D eigenvalue weighted by Crippen LogP contribution is -2.63. The highest BCUT2D eigenvalue weighted by atomic mass is 16.7. The number of methoxy groups -OCH3 is 1. The topological polar surface area (TPSA) is 193 Å². The summed E-state index contributed by atoms with van der Waals surface area (Å²) in [5.74, 6) is -3.16. The van der Waals surface area contributed by atoms with Gasteiger partial charge in [0.25, 0.3) is 0 Å². The van der Waals surface area contributed by atoms with Crippen LogP contribution in [0.1, 0.15) is 87.5 Å². The molecule has 3 fully saturated rings. The number of carbonyl (C=O) groups excluding carboxylic acids is 3. The minimum absolute atomic E-state index is 0.218. The molecule has 3 aliphatic heterocycles. The maximum atomic E-state index is 14.3. The van der Waals surface area contributed by atoms with Crippen LogP contribution in [0, 0.1) is 11.8 Å². The molecule has 16 heteroatoms. The number of hydrogen-bond donors (Lipinski definition) is 3. The van der Waals surface area contributed by atoms with Gasteiger partial charge in [0, 0.05) is 55.5 Å². The van der Waals surface area contributed by atoms with Crippen molar-refractivity contribution in [1.82, 2.24) is 30.1 Å². The average molecular weight is 814 g/mol. The van der Waals surface area contributed by atoms with Gasteiger partial charge < -0.3 is 44.7 Å². The molecule has 4 heterocycles. The van der Waals surface area contributed by atoms with Crippen molar-refractivity contribution in [3.63, 3.8) is 0 Å². The van der Waals surface area contributed by atoms with Crippen molar-refractivity contribution in [2.24, 2.45) is 11.8 Å². The summed E-state index contributed by atoms with van der Waals surface area (Å²) >= 11 is 0. The number of aliphatic hydroxyl groups excluding tert-OH is 1. The molecule has 1 amide bonds. The van der Waals surface area contributed by atoms with E-state index in [4.69, 9.17) is 29.4 Å². The predicted octanol–water partition coefficient (Wildman–Crippen LogP) is 4.04. The summed E-state index contributed by atoms with van der Waals surface area (Å²) in [6.45, 7) is 15.7. The third-order valence-corrected chi connectivity index (χ3v) is 12.5. The number of ether oxygens (including phenoxy) is 5. The minimum atomic E-state index is -1.24. The van der Waals surface area contributed by atoms with Crippen molar-refractivity contribution >= 4 is 23.5 Å². The molecule has 2 unspecified atom stereocenters. The number of cyclic esters (lactones) is 1. The van der Waals surface area contributed by atoms with Gasteiger partial charge in [-0.3, -0.25) is 19.2 Å². The highest BCUT2D eigenvalue weighted by molar-refractivity contribution is 6.00. The van der Waals surface area contributed by atoms with Crippen LogP contribution in [0.15, 0.2) is 30.5 Å². The van der Waals surface area contributed by atoms with Crippen molar-refractivity contribution in [3.8, 4) is 11.3 Å². The van der Waals surface area contributed by atoms with Gasteiger partial charge in [0.05, 0.1) is 30.0 Å². The smallest absolute Gasteiger partial charge is 0.410 e. The fourth-order valence-electron chi connectivity index (χ4n) is 9.40. The first-order valence-corrected chi connectivity index (χ1v) is 20.8. The largest absolute Gasteiger partial charge is 0.458 e. The number of benzene rings is 1. The molecule has 2 aromatic rings. The number of nitrogen functional groups attached to an aromatic ring is 1. The summed E-state index contributed by atoms with van der Waals surface area (Å²) < 4.78 is 33.2. The number of ketones is 1. The van der Waals surface area contributed by atoms with Gasteiger partial charge in [0.1, 0.15) is 23.8 Å². The molecule has 1 aromatic heterocycles. The maximum absolute atomic E-state index is 14.3. The van der Waals surface area contributed by atoms with Crippen LogP contribution in [0.25, 0.3) is 11.3 Å². The van der Waals surface area contributed by atoms with Gasteiger partial charge in [-0.25, -0.2) is 4.79 Å². The Morgan fingerprint density at radius 1 is 1.09 bits per heavy atom. The van der Waals surface area contributed by atoms with Crippen molar-refractivity contribution in [3.05, 3.63) is 30.5 Å². The lowest BCUT2D eigenvalue weighted by atomic mass is 9.78. The number of nitrogens with zero attached hydrogens (tertiary/aromatic N) is 5. The maximum Gasteiger partial charge on any atom is 0.410 e. The molecule has 0 radical (unpaired) electrons. The summed E-state index contributed by atoms with van der Waals surface area (Å²) in [6.07, 6.45) is -0.00865. The van der Waals surface area contributed by atoms with E-state index in [0.717, 1.165) is 11.3 Å². The Morgan fingerprint density at radius 2 is 1.79 bits per heavy atom. The molecule has 1 aromatic carbocycles. The number of likely N-dealkylation sites (N-methyl/N-ethyl adjacent to an activating group) is 1. The standard InChI is InChI=1S/C42H67N7O9/c1-12-33-42(8)36(49(40(53)58-42)19-14-13-18-48-23-31(45-46-48)29-16-15-17-30(43)21-29)28(6)44-24(2)22-41(7,54-11)37(26(4)34(50)27(5)38(52)56-33)57-39-35(51)32(47(9)10)20-25(3)55-39/h15-17,21,23-28,32-33,35-37,39,44,51H,12-14,18-20,22,43H2,1-11H3/t24-,25-,26+,27-,28-,32?,33-,35?,36-,37-,39+,41-,42-/m1/s1. The molecule has 58 heavy (non-hydrogen) atoms. The molecule has 3 aliphatic rings. The molecule has 4 N–H and O–H groups in total. The second kappa shape index (κ2) is 18.7. The predicted molar refractivity (Wildman–Crippen MR) is 217 cm³/mol. The van der Waals surface area contributed by atoms with Crippen LogP contribution in [0.4, 0.5) is 10.5 Å². The Hall–Kier alpha value is -3.67. The summed E-state index contributed by atoms with van der Waals surface area (Å²) in [5, 5.41) is 23.8. The van der Waals surface area contributed by atoms with Crippen molar-refractivity contribution in [2.75, 3.05) is 33.5 Å². The van der Waals surface area contributed by atoms with Crippen LogP contribution in [-0.4, -0.2) is 142 Å². The lowest BCUT2D eigenvalue weighted by Gasteiger charge is -2.47. The number of esters is 1. The number of hydrogen-bond acceptors (Lipinski definition) is 14. The van der Waals surface area contributed by atoms with E-state index in [2.05, 4.69) is 15.6 Å². The van der Waals surface area contributed by atoms with E-state index in [0.29, 0.717) is 50.9 Å². The van der Waals surface area contributed by atoms with E-state index >= 15 is 0 Å². The molecule has 0 aliphatic carbocycles. The number of nitrogens with one attached hydrogen (secondary N) is 1. The van der Waals surface area contributed by atoms with E-state index in [1.807, 2.05) is 91.0 Å². The molecule has 13 atom stereocenters. The normalized spacial score (nSPS) is 36.7. The van der Waals surface area contributed by atoms with Crippen LogP contribution in [0.3, 0.4) is 0 Å². The Morgan fingerprint density at radius 3 is 2.45 bits per heavy atom. The van der Waals surface area contributed by atoms with Crippen LogP contribution < -0.4 is 11.1 Å². The number of unbranched alkanes of at least 4 members (excludes halogenated alkanes) is 1. The van der Waals surface area contributed by atoms with Crippen molar-refractivity contribution in [2.45, 2.75) is 160 Å². The van der Waals surface area contributed by atoms with Gasteiger partial charge in [-0.15, -0.1) is 5.10 Å². The quantitative estimate of drug-likeness (QED) is 0.127. The lowest BCUT2D eigenvalue weighted by molar-refractivity contribution is -0.295. The SMILES string of the molecule is CC[C@H]1OC(=O)[C@H](C)C(=O)[C@H](C)[C@@H](O[C@@H]2O[C@H](C)CC(N(C)C)C2O)[C@](C)(OC)C[C@@H](C)N[C@H](C)[C@H]2N(CCCCn3cc(-c4cccc(N)c4)nn3)C(=O)O[C@]12C. The number of rotatable bonds is 11. The van der Waals surface area contributed by atoms with E-state index in [-0.39, 0.29) is 24.2 Å². The monoisotopic (exact) mass is 814 g/mol. The van der Waals surface area contributed by atoms with Gasteiger partial charge in [0.2, 0.25) is 0 Å². The highest BCUT2D eigenvalue weighted by Gasteiger charge is 2.59. The Labute approximate surface area is 343 Å². The molecular formula is C42H67N7O9. The van der Waals surface area contributed by atoms with E-state index in [9.17, 15) is 19.5 Å². The second-order valence-electron chi connectivity index (χ2n) is 17.3. The average Bonchev–Trinajstić information content (AvgIpc) is 3.75. The zero-order valence-electron chi connectivity index (χ0n) is 36.2. The third-order valence-electron chi connectivity index (χ3n) is 12.5. The molecule has 0 spiro atoms. The van der Waals surface area contributed by atoms with Crippen LogP contribution in [0.5, 0.6) is 0 Å². The number of fused-ring (bicyclic) bond motifs is 1. The molecule has 16 nitrogen and oxygen atoms in total. The third kappa shape index (κ3) is 9.68. The number of Topliss-reactive ketones (excluding diaryl/α,β-unsaturated/α-hetero) is 1. The number of anilines is 1. The molecule has 3 saturated heterocycles. The van der Waals surface area contributed by atoms with Crippen molar-refractivity contribution in [1.29, 1.82) is 0 Å². The van der Waals surface area contributed by atoms with Gasteiger partial charge in [-0.1, -0.05) is 31.2 Å². The Kier molecular flexibility index (Phi) is 14.7. The zero-order valence-corrected chi connectivity index (χ0v) is 36.2. The zero-order chi connectivity index (χ0) is 42.7. The van der Waals surface area contributed by atoms with Gasteiger partial charge in [0.15, 0.2) is 17.7 Å². The number of aryl methyl sites for hydroxylation is 1. The van der Waals surface area contributed by atoms with Crippen LogP contribution in [-0.2, 0) is 39.8 Å². The number of aromatic nitrogens is 3. The van der Waals surface area contributed by atoms with E-state index in [1.54, 1.807) is 23.6 Å². The molecule has 5 rings (SSSR count). The number of nitrogens with two attached hydrogens (primary N) is 1. The summed E-state index contributed by atoms with van der Waals surface area (Å²) in [4.78, 5) is 45.8. The van der Waals surface area contributed by atoms with Crippen LogP contribution >= 0.6 is 0 Å². The second-order valence-corrected chi connectivity index (χ2v) is 17.3. The number of aliphatic hydroxyl groups is 1. The van der Waals surface area contributed by atoms with E-state index < -0.39 is 71.5 Å². The van der Waals surface area contributed by atoms with Gasteiger partial charge >= 0.3 is 12.1 Å². The number of carbonyl (C=O) groups is 3. The first kappa shape index (κ1) is 45.4. The summed E-state index contributed by atoms with van der Waals surface area (Å²) in [7, 11) is 5.36. The first-order valence-electron chi connectivity index (χ1n) is 20.8. The molecule has 324 valence electrons. The fraction of sp³-hybridized carbons (Fsp3) is 0.738. The summed E-state index contributed by atoms with van der Waals surface area (Å²) in [6, 6.07) is 6.12. The van der Waals surface area contributed by atoms with Crippen LogP contribution in [0.2, 0.25) is 0 Å². The molecular weight excluding hydrogens is 747 g/mol. The van der Waals surface area contributed by atoms with E-state index in [1.165, 1.54) is 6.92 Å². The summed E-state index contributed by atoms with van der Waals surface area (Å²) in [5.41, 5.74) is 5.87. The van der Waals surface area contributed by atoms with Crippen molar-refractivity contribution < 1.29 is 43.2 Å². The molecule has 0 bridgehead atoms. The van der Waals surface area contributed by atoms with Gasteiger partial charge in [-0.05, 0) is 99.9 Å². The highest BCUT2D eigenvalue weighted by Crippen LogP contribution is 2.40.